The van der Waals surface area contributed by atoms with Crippen LogP contribution in [0.4, 0.5) is 10.1 Å². The minimum Gasteiger partial charge on any atom is -0.399 e. The van der Waals surface area contributed by atoms with Gasteiger partial charge < -0.3 is 10.6 Å². The summed E-state index contributed by atoms with van der Waals surface area (Å²) in [7, 11) is -2.37. The molecule has 1 unspecified atom stereocenters. The van der Waals surface area contributed by atoms with E-state index in [2.05, 4.69) is 4.72 Å². The minimum absolute atomic E-state index is 0.00948. The third-order valence-corrected chi connectivity index (χ3v) is 4.38. The fourth-order valence-electron chi connectivity index (χ4n) is 1.93. The van der Waals surface area contributed by atoms with Crippen molar-refractivity contribution >= 4 is 21.6 Å². The molecule has 6 nitrogen and oxygen atoms in total. The number of carbonyl (C=O) groups is 1. The van der Waals surface area contributed by atoms with Crippen LogP contribution in [0.5, 0.6) is 0 Å². The van der Waals surface area contributed by atoms with E-state index in [0.717, 1.165) is 18.2 Å². The summed E-state index contributed by atoms with van der Waals surface area (Å²) < 4.78 is 39.5. The number of halogens is 1. The van der Waals surface area contributed by atoms with Crippen LogP contribution in [0.1, 0.15) is 6.42 Å². The lowest BCUT2D eigenvalue weighted by Gasteiger charge is -2.13. The normalized spacial score (nSPS) is 20.0. The third kappa shape index (κ3) is 2.85. The van der Waals surface area contributed by atoms with E-state index >= 15 is 0 Å². The number of nitrogens with two attached hydrogens (primary N) is 1. The summed E-state index contributed by atoms with van der Waals surface area (Å²) in [5, 5.41) is 0. The average molecular weight is 287 g/mol. The van der Waals surface area contributed by atoms with E-state index < -0.39 is 21.9 Å². The van der Waals surface area contributed by atoms with Gasteiger partial charge in [-0.25, -0.2) is 12.8 Å². The standard InChI is InChI=1S/C11H14FN3O3S/c1-15-3-2-10(11(15)16)14-19(17,18)9-5-7(12)4-8(13)6-9/h4-6,10,14H,2-3,13H2,1H3. The molecule has 0 spiro atoms. The van der Waals surface area contributed by atoms with Crippen LogP contribution in [0.3, 0.4) is 0 Å². The second-order valence-corrected chi connectivity index (χ2v) is 6.16. The highest BCUT2D eigenvalue weighted by Crippen LogP contribution is 2.18. The fourth-order valence-corrected chi connectivity index (χ4v) is 3.21. The van der Waals surface area contributed by atoms with Crippen LogP contribution in [0, 0.1) is 5.82 Å². The van der Waals surface area contributed by atoms with Gasteiger partial charge in [-0.2, -0.15) is 4.72 Å². The van der Waals surface area contributed by atoms with E-state index in [1.807, 2.05) is 0 Å². The molecule has 1 heterocycles. The molecule has 1 aliphatic heterocycles. The molecule has 1 aromatic carbocycles. The van der Waals surface area contributed by atoms with E-state index in [0.29, 0.717) is 13.0 Å². The van der Waals surface area contributed by atoms with Gasteiger partial charge in [0.1, 0.15) is 11.9 Å². The number of hydrogen-bond acceptors (Lipinski definition) is 4. The van der Waals surface area contributed by atoms with Gasteiger partial charge in [-0.05, 0) is 24.6 Å². The van der Waals surface area contributed by atoms with Crippen LogP contribution in [-0.4, -0.2) is 38.9 Å². The van der Waals surface area contributed by atoms with Gasteiger partial charge in [0.25, 0.3) is 0 Å². The van der Waals surface area contributed by atoms with Crippen LogP contribution in [-0.2, 0) is 14.8 Å². The maximum Gasteiger partial charge on any atom is 0.241 e. The van der Waals surface area contributed by atoms with Gasteiger partial charge in [-0.1, -0.05) is 0 Å². The topological polar surface area (TPSA) is 92.5 Å². The zero-order valence-corrected chi connectivity index (χ0v) is 11.1. The van der Waals surface area contributed by atoms with Crippen LogP contribution < -0.4 is 10.5 Å². The maximum atomic E-state index is 13.2. The predicted molar refractivity (Wildman–Crippen MR) is 67.2 cm³/mol. The number of nitrogen functional groups attached to an aromatic ring is 1. The van der Waals surface area contributed by atoms with Crippen molar-refractivity contribution in [2.75, 3.05) is 19.3 Å². The quantitative estimate of drug-likeness (QED) is 0.760. The molecule has 3 N–H and O–H groups in total. The highest BCUT2D eigenvalue weighted by atomic mass is 32.2. The largest absolute Gasteiger partial charge is 0.399 e. The van der Waals surface area contributed by atoms with Crippen LogP contribution in [0.15, 0.2) is 23.1 Å². The average Bonchev–Trinajstić information content (AvgIpc) is 2.59. The number of nitrogens with zero attached hydrogens (tertiary/aromatic N) is 1. The lowest BCUT2D eigenvalue weighted by molar-refractivity contribution is -0.127. The van der Waals surface area contributed by atoms with Crippen molar-refractivity contribution in [1.29, 1.82) is 0 Å². The third-order valence-electron chi connectivity index (χ3n) is 2.93. The first-order valence-corrected chi connectivity index (χ1v) is 7.11. The lowest BCUT2D eigenvalue weighted by Crippen LogP contribution is -2.40. The molecule has 0 radical (unpaired) electrons. The van der Waals surface area contributed by atoms with Crippen molar-refractivity contribution in [3.63, 3.8) is 0 Å². The second-order valence-electron chi connectivity index (χ2n) is 4.44. The Morgan fingerprint density at radius 3 is 2.63 bits per heavy atom. The molecule has 1 aromatic rings. The molecule has 104 valence electrons. The molecule has 19 heavy (non-hydrogen) atoms. The van der Waals surface area contributed by atoms with E-state index in [1.165, 1.54) is 4.90 Å². The molecule has 0 aliphatic carbocycles. The first-order chi connectivity index (χ1) is 8.79. The van der Waals surface area contributed by atoms with Gasteiger partial charge in [-0.15, -0.1) is 0 Å². The number of amides is 1. The number of anilines is 1. The Morgan fingerprint density at radius 2 is 2.11 bits per heavy atom. The van der Waals surface area contributed by atoms with Crippen molar-refractivity contribution in [1.82, 2.24) is 9.62 Å². The number of likely N-dealkylation sites (N-methyl/N-ethyl adjacent to an activating group) is 1. The van der Waals surface area contributed by atoms with E-state index in [4.69, 9.17) is 5.73 Å². The van der Waals surface area contributed by atoms with E-state index in [-0.39, 0.29) is 16.5 Å². The van der Waals surface area contributed by atoms with Gasteiger partial charge in [0, 0.05) is 19.3 Å². The van der Waals surface area contributed by atoms with Gasteiger partial charge in [0.2, 0.25) is 15.9 Å². The smallest absolute Gasteiger partial charge is 0.241 e. The summed E-state index contributed by atoms with van der Waals surface area (Å²) in [5.74, 6) is -1.04. The van der Waals surface area contributed by atoms with Crippen LogP contribution in [0.2, 0.25) is 0 Å². The first kappa shape index (κ1) is 13.8. The second kappa shape index (κ2) is 4.78. The zero-order valence-electron chi connectivity index (χ0n) is 10.3. The van der Waals surface area contributed by atoms with Crippen molar-refractivity contribution in [3.05, 3.63) is 24.0 Å². The Balaban J connectivity index is 2.26. The summed E-state index contributed by atoms with van der Waals surface area (Å²) in [5.41, 5.74) is 5.42. The van der Waals surface area contributed by atoms with E-state index in [1.54, 1.807) is 7.05 Å². The molecule has 1 amide bonds. The maximum absolute atomic E-state index is 13.2. The predicted octanol–water partition coefficient (Wildman–Crippen LogP) is -0.0831. The molecule has 0 aromatic heterocycles. The highest BCUT2D eigenvalue weighted by Gasteiger charge is 2.33. The summed E-state index contributed by atoms with van der Waals surface area (Å²) in [6.45, 7) is 0.483. The Hall–Kier alpha value is -1.67. The summed E-state index contributed by atoms with van der Waals surface area (Å²) >= 11 is 0. The Morgan fingerprint density at radius 1 is 1.42 bits per heavy atom. The molecular weight excluding hydrogens is 273 g/mol. The minimum atomic E-state index is -3.96. The van der Waals surface area contributed by atoms with Crippen molar-refractivity contribution in [2.24, 2.45) is 0 Å². The van der Waals surface area contributed by atoms with Gasteiger partial charge in [0.15, 0.2) is 0 Å². The Labute approximate surface area is 110 Å². The number of rotatable bonds is 3. The number of carbonyl (C=O) groups excluding carboxylic acids is 1. The molecule has 1 saturated heterocycles. The number of sulfonamides is 1. The molecule has 0 saturated carbocycles. The van der Waals surface area contributed by atoms with Gasteiger partial charge >= 0.3 is 0 Å². The van der Waals surface area contributed by atoms with Crippen molar-refractivity contribution in [3.8, 4) is 0 Å². The molecule has 2 rings (SSSR count). The summed E-state index contributed by atoms with van der Waals surface area (Å²) in [4.78, 5) is 12.8. The fraction of sp³-hybridized carbons (Fsp3) is 0.364. The highest BCUT2D eigenvalue weighted by molar-refractivity contribution is 7.89. The first-order valence-electron chi connectivity index (χ1n) is 5.63. The number of likely N-dealkylation sites (tertiary alicyclic amines) is 1. The van der Waals surface area contributed by atoms with Gasteiger partial charge in [-0.3, -0.25) is 4.79 Å². The van der Waals surface area contributed by atoms with Crippen molar-refractivity contribution < 1.29 is 17.6 Å². The van der Waals surface area contributed by atoms with Crippen molar-refractivity contribution in [2.45, 2.75) is 17.4 Å². The number of nitrogens with one attached hydrogen (secondary N) is 1. The zero-order chi connectivity index (χ0) is 14.2. The lowest BCUT2D eigenvalue weighted by atomic mass is 10.3. The molecule has 1 fully saturated rings. The molecule has 8 heteroatoms. The Bertz CT molecular complexity index is 597. The van der Waals surface area contributed by atoms with Gasteiger partial charge in [0.05, 0.1) is 4.90 Å². The molecule has 1 aliphatic rings. The SMILES string of the molecule is CN1CCC(NS(=O)(=O)c2cc(N)cc(F)c2)C1=O. The Kier molecular flexibility index (Phi) is 3.46. The molecule has 0 bridgehead atoms. The summed E-state index contributed by atoms with van der Waals surface area (Å²) in [6, 6.07) is 2.23. The van der Waals surface area contributed by atoms with E-state index in [9.17, 15) is 17.6 Å². The monoisotopic (exact) mass is 287 g/mol. The number of benzene rings is 1. The van der Waals surface area contributed by atoms with Crippen LogP contribution in [0.25, 0.3) is 0 Å². The molecule has 1 atom stereocenters. The van der Waals surface area contributed by atoms with Crippen LogP contribution >= 0.6 is 0 Å². The summed E-state index contributed by atoms with van der Waals surface area (Å²) in [6.07, 6.45) is 0.388. The molecular formula is C11H14FN3O3S. The number of hydrogen-bond donors (Lipinski definition) is 2.